The van der Waals surface area contributed by atoms with Gasteiger partial charge in [-0.1, -0.05) is 37.3 Å². The number of aryl methyl sites for hydroxylation is 1. The van der Waals surface area contributed by atoms with Crippen LogP contribution in [0.3, 0.4) is 0 Å². The minimum Gasteiger partial charge on any atom is -0.326 e. The van der Waals surface area contributed by atoms with E-state index in [0.29, 0.717) is 29.6 Å². The number of carbonyl (C=O) groups is 1. The zero-order chi connectivity index (χ0) is 20.4. The maximum Gasteiger partial charge on any atom is 0.330 e. The Morgan fingerprint density at radius 2 is 1.86 bits per heavy atom. The van der Waals surface area contributed by atoms with Gasteiger partial charge in [0.15, 0.2) is 11.2 Å². The second kappa shape index (κ2) is 7.67. The molecule has 2 N–H and O–H groups in total. The van der Waals surface area contributed by atoms with Crippen LogP contribution in [-0.2, 0) is 17.8 Å². The van der Waals surface area contributed by atoms with Crippen LogP contribution >= 0.6 is 0 Å². The van der Waals surface area contributed by atoms with Crippen molar-refractivity contribution < 1.29 is 4.79 Å². The lowest BCUT2D eigenvalue weighted by Crippen LogP contribution is -2.36. The highest BCUT2D eigenvalue weighted by molar-refractivity contribution is 5.93. The van der Waals surface area contributed by atoms with E-state index in [2.05, 4.69) is 20.3 Å². The van der Waals surface area contributed by atoms with Crippen molar-refractivity contribution in [2.24, 2.45) is 0 Å². The second-order valence-electron chi connectivity index (χ2n) is 6.65. The summed E-state index contributed by atoms with van der Waals surface area (Å²) in [6, 6.07) is 14.7. The normalized spacial score (nSPS) is 11.1. The standard InChI is InChI=1S/C21H19N5O3/c1-2-17(27)22-14-8-9-15-16(12-14)24-19-18(23-15)20(28)26(21(29)25-19)11-10-13-6-4-3-5-7-13/h3-9,12H,2,10-11H2,1H3,(H,22,27)(H,24,25,29). The summed E-state index contributed by atoms with van der Waals surface area (Å²) >= 11 is 0. The molecule has 2 aromatic heterocycles. The van der Waals surface area contributed by atoms with Crippen LogP contribution in [0.1, 0.15) is 18.9 Å². The highest BCUT2D eigenvalue weighted by atomic mass is 16.2. The van der Waals surface area contributed by atoms with E-state index >= 15 is 0 Å². The average Bonchev–Trinajstić information content (AvgIpc) is 2.73. The number of rotatable bonds is 5. The predicted molar refractivity (Wildman–Crippen MR) is 111 cm³/mol. The van der Waals surface area contributed by atoms with Crippen molar-refractivity contribution in [3.63, 3.8) is 0 Å². The summed E-state index contributed by atoms with van der Waals surface area (Å²) in [7, 11) is 0. The maximum absolute atomic E-state index is 12.8. The van der Waals surface area contributed by atoms with Crippen molar-refractivity contribution in [3.8, 4) is 0 Å². The number of benzene rings is 2. The van der Waals surface area contributed by atoms with Gasteiger partial charge in [0.2, 0.25) is 5.91 Å². The highest BCUT2D eigenvalue weighted by Crippen LogP contribution is 2.17. The number of aromatic amines is 1. The van der Waals surface area contributed by atoms with Crippen molar-refractivity contribution in [1.82, 2.24) is 19.5 Å². The number of nitrogens with one attached hydrogen (secondary N) is 2. The van der Waals surface area contributed by atoms with Gasteiger partial charge < -0.3 is 5.32 Å². The Kier molecular flexibility index (Phi) is 4.90. The van der Waals surface area contributed by atoms with E-state index < -0.39 is 11.2 Å². The van der Waals surface area contributed by atoms with E-state index in [9.17, 15) is 14.4 Å². The molecule has 1 amide bonds. The van der Waals surface area contributed by atoms with Gasteiger partial charge in [0.05, 0.1) is 11.0 Å². The number of fused-ring (bicyclic) bond motifs is 2. The van der Waals surface area contributed by atoms with Crippen molar-refractivity contribution >= 4 is 33.8 Å². The lowest BCUT2D eigenvalue weighted by Gasteiger charge is -2.08. The van der Waals surface area contributed by atoms with E-state index in [4.69, 9.17) is 0 Å². The van der Waals surface area contributed by atoms with Gasteiger partial charge in [-0.3, -0.25) is 19.1 Å². The number of aromatic nitrogens is 4. The van der Waals surface area contributed by atoms with Gasteiger partial charge in [-0.05, 0) is 30.2 Å². The van der Waals surface area contributed by atoms with E-state index in [1.165, 1.54) is 0 Å². The third kappa shape index (κ3) is 3.77. The SMILES string of the molecule is CCC(=O)Nc1ccc2nc3c(=O)n(CCc4ccccc4)c(=O)[nH]c3nc2c1. The molecule has 0 saturated carbocycles. The van der Waals surface area contributed by atoms with Crippen LogP contribution in [0.25, 0.3) is 22.2 Å². The lowest BCUT2D eigenvalue weighted by atomic mass is 10.1. The third-order valence-corrected chi connectivity index (χ3v) is 4.65. The summed E-state index contributed by atoms with van der Waals surface area (Å²) in [5.74, 6) is -0.118. The van der Waals surface area contributed by atoms with Crippen LogP contribution < -0.4 is 16.6 Å². The Hall–Kier alpha value is -3.81. The molecular formula is C21H19N5O3. The summed E-state index contributed by atoms with van der Waals surface area (Å²) in [5, 5.41) is 2.75. The number of hydrogen-bond donors (Lipinski definition) is 2. The molecule has 0 atom stereocenters. The highest BCUT2D eigenvalue weighted by Gasteiger charge is 2.12. The molecule has 0 bridgehead atoms. The van der Waals surface area contributed by atoms with Crippen LogP contribution in [0.4, 0.5) is 5.69 Å². The zero-order valence-corrected chi connectivity index (χ0v) is 15.8. The zero-order valence-electron chi connectivity index (χ0n) is 15.8. The molecule has 0 radical (unpaired) electrons. The summed E-state index contributed by atoms with van der Waals surface area (Å²) in [5.41, 5.74) is 1.83. The van der Waals surface area contributed by atoms with Gasteiger partial charge in [-0.25, -0.2) is 14.8 Å². The quantitative estimate of drug-likeness (QED) is 0.509. The van der Waals surface area contributed by atoms with Crippen LogP contribution in [0.2, 0.25) is 0 Å². The lowest BCUT2D eigenvalue weighted by molar-refractivity contribution is -0.115. The molecule has 2 heterocycles. The summed E-state index contributed by atoms with van der Waals surface area (Å²) < 4.78 is 1.14. The van der Waals surface area contributed by atoms with Crippen molar-refractivity contribution in [2.75, 3.05) is 5.32 Å². The number of hydrogen-bond acceptors (Lipinski definition) is 5. The van der Waals surface area contributed by atoms with Crippen LogP contribution in [-0.4, -0.2) is 25.4 Å². The van der Waals surface area contributed by atoms with Gasteiger partial charge in [0.1, 0.15) is 0 Å². The van der Waals surface area contributed by atoms with E-state index in [0.717, 1.165) is 10.1 Å². The molecule has 0 saturated heterocycles. The Labute approximate surface area is 165 Å². The third-order valence-electron chi connectivity index (χ3n) is 4.65. The molecule has 8 heteroatoms. The first-order valence-electron chi connectivity index (χ1n) is 9.33. The smallest absolute Gasteiger partial charge is 0.326 e. The Morgan fingerprint density at radius 3 is 2.62 bits per heavy atom. The second-order valence-corrected chi connectivity index (χ2v) is 6.65. The first kappa shape index (κ1) is 18.5. The Bertz CT molecular complexity index is 1330. The molecule has 4 aromatic rings. The molecule has 29 heavy (non-hydrogen) atoms. The Balaban J connectivity index is 1.74. The number of amides is 1. The van der Waals surface area contributed by atoms with Crippen molar-refractivity contribution in [3.05, 3.63) is 74.9 Å². The largest absolute Gasteiger partial charge is 0.330 e. The molecule has 8 nitrogen and oxygen atoms in total. The van der Waals surface area contributed by atoms with Gasteiger partial charge in [0.25, 0.3) is 5.56 Å². The minimum atomic E-state index is -0.525. The first-order valence-corrected chi connectivity index (χ1v) is 9.33. The van der Waals surface area contributed by atoms with Crippen LogP contribution in [0.5, 0.6) is 0 Å². The maximum atomic E-state index is 12.8. The predicted octanol–water partition coefficient (Wildman–Crippen LogP) is 2.22. The molecule has 0 aliphatic heterocycles. The fraction of sp³-hybridized carbons (Fsp3) is 0.190. The van der Waals surface area contributed by atoms with E-state index in [-0.39, 0.29) is 23.6 Å². The number of nitrogens with zero attached hydrogens (tertiary/aromatic N) is 3. The van der Waals surface area contributed by atoms with E-state index in [1.807, 2.05) is 30.3 Å². The topological polar surface area (TPSA) is 110 Å². The average molecular weight is 389 g/mol. The molecule has 0 fully saturated rings. The number of anilines is 1. The van der Waals surface area contributed by atoms with Gasteiger partial charge in [-0.2, -0.15) is 0 Å². The van der Waals surface area contributed by atoms with Crippen LogP contribution in [0, 0.1) is 0 Å². The first-order chi connectivity index (χ1) is 14.0. The molecule has 0 aliphatic rings. The Morgan fingerprint density at radius 1 is 1.07 bits per heavy atom. The summed E-state index contributed by atoms with van der Waals surface area (Å²) in [6.45, 7) is 2.01. The molecule has 2 aromatic carbocycles. The van der Waals surface area contributed by atoms with Gasteiger partial charge in [0, 0.05) is 18.7 Å². The monoisotopic (exact) mass is 389 g/mol. The van der Waals surface area contributed by atoms with Crippen molar-refractivity contribution in [2.45, 2.75) is 26.3 Å². The van der Waals surface area contributed by atoms with Crippen LogP contribution in [0.15, 0.2) is 58.1 Å². The molecule has 4 rings (SSSR count). The molecular weight excluding hydrogens is 370 g/mol. The number of H-pyrrole nitrogens is 1. The fourth-order valence-corrected chi connectivity index (χ4v) is 3.10. The molecule has 0 aliphatic carbocycles. The van der Waals surface area contributed by atoms with Gasteiger partial charge in [-0.15, -0.1) is 0 Å². The minimum absolute atomic E-state index is 0.107. The van der Waals surface area contributed by atoms with Crippen molar-refractivity contribution in [1.29, 1.82) is 0 Å². The molecule has 0 spiro atoms. The molecule has 0 unspecified atom stereocenters. The van der Waals surface area contributed by atoms with Gasteiger partial charge >= 0.3 is 5.69 Å². The fourth-order valence-electron chi connectivity index (χ4n) is 3.10. The van der Waals surface area contributed by atoms with E-state index in [1.54, 1.807) is 25.1 Å². The number of carbonyl (C=O) groups excluding carboxylic acids is 1. The molecule has 146 valence electrons. The summed E-state index contributed by atoms with van der Waals surface area (Å²) in [4.78, 5) is 48.3. The summed E-state index contributed by atoms with van der Waals surface area (Å²) in [6.07, 6.45) is 0.911.